The van der Waals surface area contributed by atoms with E-state index in [-0.39, 0.29) is 5.97 Å². The number of para-hydroxylation sites is 2. The number of nitrogens with one attached hydrogen (secondary N) is 1. The van der Waals surface area contributed by atoms with Crippen molar-refractivity contribution >= 4 is 34.7 Å². The fourth-order valence-electron chi connectivity index (χ4n) is 3.20. The molecule has 1 unspecified atom stereocenters. The van der Waals surface area contributed by atoms with Gasteiger partial charge in [0, 0.05) is 15.4 Å². The molecule has 142 valence electrons. The van der Waals surface area contributed by atoms with Crippen molar-refractivity contribution in [2.75, 3.05) is 11.9 Å². The van der Waals surface area contributed by atoms with E-state index >= 15 is 0 Å². The van der Waals surface area contributed by atoms with Gasteiger partial charge in [0.2, 0.25) is 0 Å². The lowest BCUT2D eigenvalue weighted by atomic mass is 10.0. The third-order valence-corrected chi connectivity index (χ3v) is 6.09. The van der Waals surface area contributed by atoms with Crippen LogP contribution in [0.1, 0.15) is 45.1 Å². The fourth-order valence-corrected chi connectivity index (χ4v) is 4.22. The van der Waals surface area contributed by atoms with Gasteiger partial charge in [0.1, 0.15) is 0 Å². The topological polar surface area (TPSA) is 38.3 Å². The van der Waals surface area contributed by atoms with Crippen LogP contribution in [0.4, 0.5) is 11.4 Å². The van der Waals surface area contributed by atoms with Crippen molar-refractivity contribution in [3.63, 3.8) is 0 Å². The Morgan fingerprint density at radius 3 is 2.70 bits per heavy atom. The third kappa shape index (κ3) is 4.56. The molecule has 1 aliphatic heterocycles. The summed E-state index contributed by atoms with van der Waals surface area (Å²) in [6, 6.07) is 14.1. The van der Waals surface area contributed by atoms with Gasteiger partial charge in [-0.2, -0.15) is 0 Å². The molecule has 2 aromatic rings. The lowest BCUT2D eigenvalue weighted by Gasteiger charge is -2.23. The molecule has 0 saturated heterocycles. The first-order chi connectivity index (χ1) is 13.1. The zero-order chi connectivity index (χ0) is 19.2. The van der Waals surface area contributed by atoms with Crippen LogP contribution in [0.5, 0.6) is 0 Å². The van der Waals surface area contributed by atoms with Crippen molar-refractivity contribution in [2.24, 2.45) is 5.92 Å². The molecule has 4 heteroatoms. The minimum absolute atomic E-state index is 0.330. The van der Waals surface area contributed by atoms with Crippen molar-refractivity contribution in [1.82, 2.24) is 0 Å². The molecule has 1 atom stereocenters. The lowest BCUT2D eigenvalue weighted by Crippen LogP contribution is -2.15. The molecule has 0 fully saturated rings. The Morgan fingerprint density at radius 1 is 1.15 bits per heavy atom. The van der Waals surface area contributed by atoms with Gasteiger partial charge in [0.05, 0.1) is 23.6 Å². The Kier molecular flexibility index (Phi) is 6.62. The van der Waals surface area contributed by atoms with Gasteiger partial charge in [0.15, 0.2) is 0 Å². The van der Waals surface area contributed by atoms with E-state index in [0.29, 0.717) is 18.1 Å². The molecule has 0 amide bonds. The highest BCUT2D eigenvalue weighted by Crippen LogP contribution is 2.46. The van der Waals surface area contributed by atoms with E-state index in [2.05, 4.69) is 37.9 Å². The molecule has 2 aromatic carbocycles. The minimum atomic E-state index is -0.330. The number of hydrogen-bond donors (Lipinski definition) is 1. The molecule has 0 aliphatic carbocycles. The highest BCUT2D eigenvalue weighted by molar-refractivity contribution is 7.99. The predicted molar refractivity (Wildman–Crippen MR) is 114 cm³/mol. The highest BCUT2D eigenvalue weighted by Gasteiger charge is 2.22. The summed E-state index contributed by atoms with van der Waals surface area (Å²) in [6.07, 6.45) is 4.46. The Morgan fingerprint density at radius 2 is 1.93 bits per heavy atom. The zero-order valence-electron chi connectivity index (χ0n) is 16.1. The van der Waals surface area contributed by atoms with Crippen molar-refractivity contribution in [2.45, 2.75) is 49.3 Å². The molecule has 0 aromatic heterocycles. The van der Waals surface area contributed by atoms with Gasteiger partial charge in [0.25, 0.3) is 0 Å². The maximum atomic E-state index is 12.6. The summed E-state index contributed by atoms with van der Waals surface area (Å²) in [6.45, 7) is 8.83. The number of unbranched alkanes of at least 4 members (excludes halogenated alkanes) is 1. The van der Waals surface area contributed by atoms with Crippen LogP contribution in [-0.2, 0) is 9.53 Å². The van der Waals surface area contributed by atoms with Crippen molar-refractivity contribution < 1.29 is 9.53 Å². The van der Waals surface area contributed by atoms with Crippen molar-refractivity contribution in [3.05, 3.63) is 54.6 Å². The molecule has 0 radical (unpaired) electrons. The maximum Gasteiger partial charge on any atom is 0.338 e. The molecule has 0 bridgehead atoms. The van der Waals surface area contributed by atoms with Gasteiger partial charge in [-0.1, -0.05) is 75.7 Å². The number of carbonyl (C=O) groups is 1. The van der Waals surface area contributed by atoms with E-state index in [1.165, 1.54) is 11.3 Å². The third-order valence-electron chi connectivity index (χ3n) is 4.96. The van der Waals surface area contributed by atoms with Crippen LogP contribution < -0.4 is 5.32 Å². The molecular weight excluding hydrogens is 354 g/mol. The largest absolute Gasteiger partial charge is 0.462 e. The predicted octanol–water partition coefficient (Wildman–Crippen LogP) is 6.67. The van der Waals surface area contributed by atoms with Crippen LogP contribution in [0, 0.1) is 5.92 Å². The molecule has 3 rings (SSSR count). The Bertz CT molecular complexity index is 831. The van der Waals surface area contributed by atoms with Gasteiger partial charge >= 0.3 is 5.97 Å². The molecule has 0 spiro atoms. The average Bonchev–Trinajstić information content (AvgIpc) is 2.71. The van der Waals surface area contributed by atoms with Crippen LogP contribution >= 0.6 is 11.8 Å². The zero-order valence-corrected chi connectivity index (χ0v) is 16.9. The van der Waals surface area contributed by atoms with Crippen molar-refractivity contribution in [3.8, 4) is 0 Å². The van der Waals surface area contributed by atoms with Crippen LogP contribution in [0.15, 0.2) is 58.8 Å². The number of anilines is 2. The average molecular weight is 382 g/mol. The number of esters is 1. The van der Waals surface area contributed by atoms with E-state index < -0.39 is 0 Å². The number of rotatable bonds is 8. The number of fused-ring (bicyclic) bond motifs is 2. The van der Waals surface area contributed by atoms with E-state index in [9.17, 15) is 4.79 Å². The van der Waals surface area contributed by atoms with Crippen LogP contribution in [0.25, 0.3) is 5.57 Å². The first-order valence-corrected chi connectivity index (χ1v) is 10.5. The van der Waals surface area contributed by atoms with Gasteiger partial charge in [-0.05, 0) is 30.5 Å². The minimum Gasteiger partial charge on any atom is -0.462 e. The molecule has 1 N–H and O–H groups in total. The first-order valence-electron chi connectivity index (χ1n) is 9.67. The Balaban J connectivity index is 1.72. The SMILES string of the molecule is C=C(C(=O)OCC(CC)CCCC)c1cccc2c1Nc1ccccc1S2. The van der Waals surface area contributed by atoms with E-state index in [1.807, 2.05) is 30.3 Å². The summed E-state index contributed by atoms with van der Waals surface area (Å²) in [5.74, 6) is 0.0935. The van der Waals surface area contributed by atoms with Crippen LogP contribution in [-0.4, -0.2) is 12.6 Å². The normalized spacial score (nSPS) is 13.1. The summed E-state index contributed by atoms with van der Waals surface area (Å²) < 4.78 is 5.60. The van der Waals surface area contributed by atoms with Crippen LogP contribution in [0.3, 0.4) is 0 Å². The fraction of sp³-hybridized carbons (Fsp3) is 0.348. The molecule has 1 aliphatic rings. The Hall–Kier alpha value is -2.20. The standard InChI is InChI=1S/C23H27NO2S/c1-4-6-10-17(5-2)15-26-23(25)16(3)18-11-9-14-21-22(18)24-19-12-7-8-13-20(19)27-21/h7-9,11-14,17,24H,3-6,10,15H2,1-2H3. The van der Waals surface area contributed by atoms with Gasteiger partial charge in [-0.3, -0.25) is 0 Å². The van der Waals surface area contributed by atoms with E-state index in [0.717, 1.165) is 41.1 Å². The summed E-state index contributed by atoms with van der Waals surface area (Å²) in [4.78, 5) is 14.9. The lowest BCUT2D eigenvalue weighted by molar-refractivity contribution is -0.138. The number of carbonyl (C=O) groups excluding carboxylic acids is 1. The van der Waals surface area contributed by atoms with Gasteiger partial charge < -0.3 is 10.1 Å². The van der Waals surface area contributed by atoms with Crippen molar-refractivity contribution in [1.29, 1.82) is 0 Å². The molecule has 0 saturated carbocycles. The van der Waals surface area contributed by atoms with E-state index in [4.69, 9.17) is 4.74 Å². The van der Waals surface area contributed by atoms with Crippen LogP contribution in [0.2, 0.25) is 0 Å². The number of benzene rings is 2. The van der Waals surface area contributed by atoms with Gasteiger partial charge in [-0.25, -0.2) is 4.79 Å². The monoisotopic (exact) mass is 381 g/mol. The second-order valence-corrected chi connectivity index (χ2v) is 7.98. The van der Waals surface area contributed by atoms with Gasteiger partial charge in [-0.15, -0.1) is 0 Å². The number of hydrogen-bond acceptors (Lipinski definition) is 4. The summed E-state index contributed by atoms with van der Waals surface area (Å²) in [5, 5.41) is 3.46. The quantitative estimate of drug-likeness (QED) is 0.349. The second kappa shape index (κ2) is 9.14. The molecule has 27 heavy (non-hydrogen) atoms. The molecular formula is C23H27NO2S. The highest BCUT2D eigenvalue weighted by atomic mass is 32.2. The Labute approximate surface area is 166 Å². The summed E-state index contributed by atoms with van der Waals surface area (Å²) >= 11 is 1.70. The smallest absolute Gasteiger partial charge is 0.338 e. The maximum absolute atomic E-state index is 12.6. The summed E-state index contributed by atoms with van der Waals surface area (Å²) in [7, 11) is 0. The summed E-state index contributed by atoms with van der Waals surface area (Å²) in [5.41, 5.74) is 3.20. The van der Waals surface area contributed by atoms with E-state index in [1.54, 1.807) is 11.8 Å². The number of ether oxygens (including phenoxy) is 1. The molecule has 1 heterocycles. The first kappa shape index (κ1) is 19.6. The molecule has 3 nitrogen and oxygen atoms in total. The second-order valence-electron chi connectivity index (χ2n) is 6.90.